The molecule has 0 spiro atoms. The minimum atomic E-state index is -0.246. The van der Waals surface area contributed by atoms with Crippen molar-refractivity contribution in [2.24, 2.45) is 5.92 Å². The van der Waals surface area contributed by atoms with Gasteiger partial charge < -0.3 is 10.0 Å². The summed E-state index contributed by atoms with van der Waals surface area (Å²) in [7, 11) is 1.91. The first-order valence-corrected chi connectivity index (χ1v) is 5.31. The van der Waals surface area contributed by atoms with Crippen molar-refractivity contribution in [3.8, 4) is 0 Å². The Balaban J connectivity index is 2.11. The second-order valence-electron chi connectivity index (χ2n) is 4.27. The summed E-state index contributed by atoms with van der Waals surface area (Å²) in [5, 5.41) is 8.87. The molecule has 0 radical (unpaired) electrons. The van der Waals surface area contributed by atoms with Gasteiger partial charge in [-0.1, -0.05) is 6.07 Å². The van der Waals surface area contributed by atoms with Crippen LogP contribution < -0.4 is 4.90 Å². The van der Waals surface area contributed by atoms with Gasteiger partial charge in [-0.2, -0.15) is 0 Å². The maximum Gasteiger partial charge on any atom is 0.146 e. The van der Waals surface area contributed by atoms with E-state index in [0.717, 1.165) is 12.5 Å². The number of rotatable bonds is 4. The van der Waals surface area contributed by atoms with Crippen LogP contribution in [-0.4, -0.2) is 18.7 Å². The lowest BCUT2D eigenvalue weighted by Gasteiger charge is -2.19. The average molecular weight is 209 g/mol. The van der Waals surface area contributed by atoms with Crippen molar-refractivity contribution in [2.75, 3.05) is 18.5 Å². The van der Waals surface area contributed by atoms with Crippen LogP contribution in [0, 0.1) is 11.7 Å². The molecule has 3 heteroatoms. The normalized spacial score (nSPS) is 15.4. The van der Waals surface area contributed by atoms with E-state index in [9.17, 15) is 4.39 Å². The van der Waals surface area contributed by atoms with Crippen LogP contribution in [0.25, 0.3) is 0 Å². The van der Waals surface area contributed by atoms with Crippen LogP contribution in [0.2, 0.25) is 0 Å². The summed E-state index contributed by atoms with van der Waals surface area (Å²) in [6.07, 6.45) is 2.53. The highest BCUT2D eigenvalue weighted by molar-refractivity contribution is 5.48. The van der Waals surface area contributed by atoms with Crippen molar-refractivity contribution in [3.63, 3.8) is 0 Å². The van der Waals surface area contributed by atoms with Gasteiger partial charge in [-0.3, -0.25) is 0 Å². The summed E-state index contributed by atoms with van der Waals surface area (Å²) >= 11 is 0. The Morgan fingerprint density at radius 2 is 2.20 bits per heavy atom. The number of nitrogens with zero attached hydrogens (tertiary/aromatic N) is 1. The van der Waals surface area contributed by atoms with Gasteiger partial charge in [0, 0.05) is 13.6 Å². The van der Waals surface area contributed by atoms with E-state index in [1.807, 2.05) is 11.9 Å². The number of anilines is 1. The Bertz CT molecular complexity index is 349. The van der Waals surface area contributed by atoms with Crippen LogP contribution in [0.5, 0.6) is 0 Å². The molecule has 0 bridgehead atoms. The predicted octanol–water partition coefficient (Wildman–Crippen LogP) is 2.16. The van der Waals surface area contributed by atoms with Gasteiger partial charge in [-0.15, -0.1) is 0 Å². The fraction of sp³-hybridized carbons (Fsp3) is 0.500. The quantitative estimate of drug-likeness (QED) is 0.821. The topological polar surface area (TPSA) is 23.5 Å². The standard InChI is InChI=1S/C12H16FNO/c1-14(7-9-2-3-9)12-5-4-10(8-15)6-11(12)13/h4-6,9,15H,2-3,7-8H2,1H3. The molecule has 0 aromatic heterocycles. The fourth-order valence-electron chi connectivity index (χ4n) is 1.74. The molecule has 1 aromatic rings. The van der Waals surface area contributed by atoms with Crippen molar-refractivity contribution in [2.45, 2.75) is 19.4 Å². The molecule has 0 atom stereocenters. The van der Waals surface area contributed by atoms with E-state index in [1.165, 1.54) is 18.9 Å². The molecule has 82 valence electrons. The second kappa shape index (κ2) is 4.19. The van der Waals surface area contributed by atoms with Gasteiger partial charge in [0.25, 0.3) is 0 Å². The number of halogens is 1. The minimum Gasteiger partial charge on any atom is -0.392 e. The molecule has 0 unspecified atom stereocenters. The summed E-state index contributed by atoms with van der Waals surface area (Å²) < 4.78 is 13.6. The molecule has 1 aromatic carbocycles. The van der Waals surface area contributed by atoms with E-state index in [1.54, 1.807) is 12.1 Å². The minimum absolute atomic E-state index is 0.108. The second-order valence-corrected chi connectivity index (χ2v) is 4.27. The van der Waals surface area contributed by atoms with Gasteiger partial charge in [-0.25, -0.2) is 4.39 Å². The molecule has 0 amide bonds. The highest BCUT2D eigenvalue weighted by atomic mass is 19.1. The number of aliphatic hydroxyl groups is 1. The summed E-state index contributed by atoms with van der Waals surface area (Å²) in [4.78, 5) is 1.95. The van der Waals surface area contributed by atoms with Crippen LogP contribution in [0.4, 0.5) is 10.1 Å². The number of hydrogen-bond donors (Lipinski definition) is 1. The zero-order valence-electron chi connectivity index (χ0n) is 8.91. The van der Waals surface area contributed by atoms with E-state index in [-0.39, 0.29) is 12.4 Å². The van der Waals surface area contributed by atoms with E-state index in [0.29, 0.717) is 11.3 Å². The molecular formula is C12H16FNO. The number of hydrogen-bond acceptors (Lipinski definition) is 2. The first kappa shape index (κ1) is 10.4. The van der Waals surface area contributed by atoms with Gasteiger partial charge >= 0.3 is 0 Å². The van der Waals surface area contributed by atoms with Gasteiger partial charge in [0.15, 0.2) is 0 Å². The molecule has 1 aliphatic carbocycles. The number of aliphatic hydroxyl groups excluding tert-OH is 1. The summed E-state index contributed by atoms with van der Waals surface area (Å²) in [5.74, 6) is 0.497. The molecule has 1 saturated carbocycles. The molecular weight excluding hydrogens is 193 g/mol. The van der Waals surface area contributed by atoms with Crippen LogP contribution >= 0.6 is 0 Å². The zero-order valence-corrected chi connectivity index (χ0v) is 8.91. The fourth-order valence-corrected chi connectivity index (χ4v) is 1.74. The third kappa shape index (κ3) is 2.48. The van der Waals surface area contributed by atoms with Crippen molar-refractivity contribution in [1.29, 1.82) is 0 Å². The largest absolute Gasteiger partial charge is 0.392 e. The molecule has 1 fully saturated rings. The molecule has 0 saturated heterocycles. The molecule has 1 N–H and O–H groups in total. The van der Waals surface area contributed by atoms with Gasteiger partial charge in [0.2, 0.25) is 0 Å². The maximum absolute atomic E-state index is 13.6. The van der Waals surface area contributed by atoms with Crippen LogP contribution in [0.3, 0.4) is 0 Å². The smallest absolute Gasteiger partial charge is 0.146 e. The monoisotopic (exact) mass is 209 g/mol. The third-order valence-electron chi connectivity index (χ3n) is 2.83. The Hall–Kier alpha value is -1.09. The summed E-state index contributed by atoms with van der Waals surface area (Å²) in [5.41, 5.74) is 1.25. The van der Waals surface area contributed by atoms with E-state index < -0.39 is 0 Å². The van der Waals surface area contributed by atoms with Crippen LogP contribution in [0.1, 0.15) is 18.4 Å². The summed E-state index contributed by atoms with van der Waals surface area (Å²) in [6.45, 7) is 0.818. The third-order valence-corrected chi connectivity index (χ3v) is 2.83. The Morgan fingerprint density at radius 1 is 1.47 bits per heavy atom. The molecule has 2 rings (SSSR count). The molecule has 1 aliphatic rings. The molecule has 0 heterocycles. The Labute approximate surface area is 89.3 Å². The zero-order chi connectivity index (χ0) is 10.8. The van der Waals surface area contributed by atoms with Crippen molar-refractivity contribution < 1.29 is 9.50 Å². The maximum atomic E-state index is 13.6. The lowest BCUT2D eigenvalue weighted by atomic mass is 10.2. The van der Waals surface area contributed by atoms with Gasteiger partial charge in [0.05, 0.1) is 12.3 Å². The average Bonchev–Trinajstić information content (AvgIpc) is 3.01. The Morgan fingerprint density at radius 3 is 2.73 bits per heavy atom. The SMILES string of the molecule is CN(CC1CC1)c1ccc(CO)cc1F. The molecule has 15 heavy (non-hydrogen) atoms. The van der Waals surface area contributed by atoms with E-state index in [4.69, 9.17) is 5.11 Å². The number of benzene rings is 1. The molecule has 2 nitrogen and oxygen atoms in total. The van der Waals surface area contributed by atoms with Crippen LogP contribution in [0.15, 0.2) is 18.2 Å². The van der Waals surface area contributed by atoms with Crippen LogP contribution in [-0.2, 0) is 6.61 Å². The highest BCUT2D eigenvalue weighted by Crippen LogP contribution is 2.31. The first-order valence-electron chi connectivity index (χ1n) is 5.31. The van der Waals surface area contributed by atoms with Crippen molar-refractivity contribution >= 4 is 5.69 Å². The van der Waals surface area contributed by atoms with Gasteiger partial charge in [-0.05, 0) is 36.5 Å². The predicted molar refractivity (Wildman–Crippen MR) is 58.3 cm³/mol. The van der Waals surface area contributed by atoms with Crippen molar-refractivity contribution in [3.05, 3.63) is 29.6 Å². The first-order chi connectivity index (χ1) is 7.20. The lowest BCUT2D eigenvalue weighted by molar-refractivity contribution is 0.281. The lowest BCUT2D eigenvalue weighted by Crippen LogP contribution is -2.21. The summed E-state index contributed by atoms with van der Waals surface area (Å²) in [6, 6.07) is 4.91. The van der Waals surface area contributed by atoms with E-state index >= 15 is 0 Å². The Kier molecular flexibility index (Phi) is 2.91. The van der Waals surface area contributed by atoms with Gasteiger partial charge in [0.1, 0.15) is 5.82 Å². The molecule has 0 aliphatic heterocycles. The van der Waals surface area contributed by atoms with E-state index in [2.05, 4.69) is 0 Å². The highest BCUT2D eigenvalue weighted by Gasteiger charge is 2.23. The van der Waals surface area contributed by atoms with Crippen molar-refractivity contribution in [1.82, 2.24) is 0 Å².